The van der Waals surface area contributed by atoms with Gasteiger partial charge >= 0.3 is 0 Å². The molecule has 0 heterocycles. The van der Waals surface area contributed by atoms with Crippen LogP contribution in [-0.4, -0.2) is 43.4 Å². The van der Waals surface area contributed by atoms with Gasteiger partial charge in [-0.05, 0) is 47.5 Å². The summed E-state index contributed by atoms with van der Waals surface area (Å²) in [7, 11) is 0. The van der Waals surface area contributed by atoms with Crippen LogP contribution in [0.25, 0.3) is 0 Å². The fraction of sp³-hybridized carbons (Fsp3) is 0.269. The molecule has 3 aromatic carbocycles. The molecule has 0 fully saturated rings. The van der Waals surface area contributed by atoms with Crippen LogP contribution >= 0.6 is 23.2 Å². The smallest absolute Gasteiger partial charge is 0.185 e. The van der Waals surface area contributed by atoms with E-state index >= 15 is 0 Å². The lowest BCUT2D eigenvalue weighted by Gasteiger charge is -2.16. The number of halogens is 2. The van der Waals surface area contributed by atoms with E-state index in [2.05, 4.69) is 10.3 Å². The summed E-state index contributed by atoms with van der Waals surface area (Å²) in [5.41, 5.74) is 12.5. The molecule has 0 bridgehead atoms. The molecule has 192 valence electrons. The summed E-state index contributed by atoms with van der Waals surface area (Å²) in [6.07, 6.45) is -0.719. The van der Waals surface area contributed by atoms with Gasteiger partial charge in [0.25, 0.3) is 0 Å². The number of rotatable bonds is 14. The van der Waals surface area contributed by atoms with Gasteiger partial charge in [-0.2, -0.15) is 0 Å². The van der Waals surface area contributed by atoms with Crippen molar-refractivity contribution in [2.75, 3.05) is 26.2 Å². The third kappa shape index (κ3) is 9.83. The third-order valence-corrected chi connectivity index (χ3v) is 5.44. The van der Waals surface area contributed by atoms with E-state index in [1.54, 1.807) is 18.2 Å². The van der Waals surface area contributed by atoms with Gasteiger partial charge < -0.3 is 36.1 Å². The van der Waals surface area contributed by atoms with Gasteiger partial charge in [0, 0.05) is 29.2 Å². The third-order valence-electron chi connectivity index (χ3n) is 4.94. The molecule has 0 saturated carbocycles. The van der Waals surface area contributed by atoms with Gasteiger partial charge in [-0.1, -0.05) is 47.5 Å². The first-order valence-electron chi connectivity index (χ1n) is 11.3. The molecule has 0 radical (unpaired) electrons. The quantitative estimate of drug-likeness (QED) is 0.141. The molecule has 0 aliphatic heterocycles. The summed E-state index contributed by atoms with van der Waals surface area (Å²) < 4.78 is 17.8. The molecule has 36 heavy (non-hydrogen) atoms. The first kappa shape index (κ1) is 27.4. The SMILES string of the molecule is NC(N)=NCCNC[C@@H](O)COc1ccc(OCc2ccc(Cl)cc2)c(OCc2ccc(Cl)cc2)c1. The molecule has 0 aromatic heterocycles. The van der Waals surface area contributed by atoms with Crippen molar-refractivity contribution in [3.05, 3.63) is 87.9 Å². The van der Waals surface area contributed by atoms with Crippen molar-refractivity contribution >= 4 is 29.2 Å². The highest BCUT2D eigenvalue weighted by Crippen LogP contribution is 2.33. The van der Waals surface area contributed by atoms with Gasteiger partial charge in [0.05, 0.1) is 6.54 Å². The summed E-state index contributed by atoms with van der Waals surface area (Å²) in [5, 5.41) is 14.6. The molecule has 6 N–H and O–H groups in total. The summed E-state index contributed by atoms with van der Waals surface area (Å²) in [5.74, 6) is 1.66. The minimum atomic E-state index is -0.719. The van der Waals surface area contributed by atoms with Crippen LogP contribution in [-0.2, 0) is 13.2 Å². The molecule has 8 nitrogen and oxygen atoms in total. The highest BCUT2D eigenvalue weighted by Gasteiger charge is 2.11. The number of aliphatic imine (C=N–C) groups is 1. The number of nitrogens with two attached hydrogens (primary N) is 2. The van der Waals surface area contributed by atoms with Crippen molar-refractivity contribution in [1.82, 2.24) is 5.32 Å². The average molecular weight is 533 g/mol. The molecule has 0 aliphatic rings. The van der Waals surface area contributed by atoms with Crippen LogP contribution in [0, 0.1) is 0 Å². The molecular weight excluding hydrogens is 503 g/mol. The molecule has 10 heteroatoms. The van der Waals surface area contributed by atoms with E-state index in [0.717, 1.165) is 11.1 Å². The van der Waals surface area contributed by atoms with Crippen LogP contribution in [0.15, 0.2) is 71.7 Å². The Balaban J connectivity index is 1.60. The molecule has 0 amide bonds. The Kier molecular flexibility index (Phi) is 11.0. The van der Waals surface area contributed by atoms with Gasteiger partial charge in [0.15, 0.2) is 17.5 Å². The zero-order valence-electron chi connectivity index (χ0n) is 19.7. The predicted molar refractivity (Wildman–Crippen MR) is 143 cm³/mol. The zero-order valence-corrected chi connectivity index (χ0v) is 21.2. The van der Waals surface area contributed by atoms with Crippen LogP contribution in [0.3, 0.4) is 0 Å². The lowest BCUT2D eigenvalue weighted by atomic mass is 10.2. The molecule has 0 spiro atoms. The number of aliphatic hydroxyl groups is 1. The van der Waals surface area contributed by atoms with Crippen LogP contribution in [0.5, 0.6) is 17.2 Å². The first-order chi connectivity index (χ1) is 17.4. The zero-order chi connectivity index (χ0) is 25.8. The van der Waals surface area contributed by atoms with Crippen molar-refractivity contribution in [3.63, 3.8) is 0 Å². The van der Waals surface area contributed by atoms with Crippen molar-refractivity contribution in [3.8, 4) is 17.2 Å². The summed E-state index contributed by atoms with van der Waals surface area (Å²) in [6, 6.07) is 20.1. The number of ether oxygens (including phenoxy) is 3. The van der Waals surface area contributed by atoms with Crippen LogP contribution in [0.4, 0.5) is 0 Å². The topological polar surface area (TPSA) is 124 Å². The number of benzene rings is 3. The van der Waals surface area contributed by atoms with E-state index in [1.807, 2.05) is 48.5 Å². The lowest BCUT2D eigenvalue weighted by Crippen LogP contribution is -2.33. The maximum atomic E-state index is 10.2. The van der Waals surface area contributed by atoms with Gasteiger partial charge in [0.2, 0.25) is 0 Å². The van der Waals surface area contributed by atoms with Gasteiger partial charge in [-0.25, -0.2) is 0 Å². The highest BCUT2D eigenvalue weighted by molar-refractivity contribution is 6.30. The minimum Gasteiger partial charge on any atom is -0.491 e. The second kappa shape index (κ2) is 14.4. The first-order valence-corrected chi connectivity index (χ1v) is 12.1. The van der Waals surface area contributed by atoms with Crippen molar-refractivity contribution in [2.45, 2.75) is 19.3 Å². The Morgan fingerprint density at radius 1 is 0.833 bits per heavy atom. The lowest BCUT2D eigenvalue weighted by molar-refractivity contribution is 0.106. The Morgan fingerprint density at radius 2 is 1.42 bits per heavy atom. The Bertz CT molecular complexity index is 1110. The predicted octanol–water partition coefficient (Wildman–Crippen LogP) is 3.75. The van der Waals surface area contributed by atoms with Crippen LogP contribution < -0.4 is 31.0 Å². The van der Waals surface area contributed by atoms with Crippen LogP contribution in [0.2, 0.25) is 10.0 Å². The van der Waals surface area contributed by atoms with E-state index in [-0.39, 0.29) is 12.6 Å². The summed E-state index contributed by atoms with van der Waals surface area (Å²) in [4.78, 5) is 3.87. The molecule has 3 rings (SSSR count). The fourth-order valence-corrected chi connectivity index (χ4v) is 3.33. The summed E-state index contributed by atoms with van der Waals surface area (Å²) >= 11 is 11.9. The standard InChI is InChI=1S/C26H30Cl2N4O4/c27-20-5-1-18(2-6-20)15-35-24-10-9-23(34-17-22(33)14-31-11-12-32-26(29)30)13-25(24)36-16-19-3-7-21(28)8-4-19/h1-10,13,22,31,33H,11-12,14-17H2,(H4,29,30,32)/t22-/m1/s1. The molecule has 0 aliphatic carbocycles. The molecule has 0 unspecified atom stereocenters. The number of hydrogen-bond acceptors (Lipinski definition) is 6. The number of hydrogen-bond donors (Lipinski definition) is 4. The van der Waals surface area contributed by atoms with Gasteiger partial charge in [-0.15, -0.1) is 0 Å². The van der Waals surface area contributed by atoms with E-state index < -0.39 is 6.10 Å². The van der Waals surface area contributed by atoms with E-state index in [4.69, 9.17) is 48.9 Å². The number of nitrogens with zero attached hydrogens (tertiary/aromatic N) is 1. The maximum Gasteiger partial charge on any atom is 0.185 e. The van der Waals surface area contributed by atoms with Gasteiger partial charge in [0.1, 0.15) is 31.7 Å². The Labute approximate surface area is 220 Å². The number of guanidine groups is 1. The van der Waals surface area contributed by atoms with E-state index in [0.29, 0.717) is 60.1 Å². The van der Waals surface area contributed by atoms with E-state index in [1.165, 1.54) is 0 Å². The van der Waals surface area contributed by atoms with Crippen molar-refractivity contribution in [2.24, 2.45) is 16.5 Å². The highest BCUT2D eigenvalue weighted by atomic mass is 35.5. The normalized spacial score (nSPS) is 11.5. The largest absolute Gasteiger partial charge is 0.491 e. The maximum absolute atomic E-state index is 10.2. The van der Waals surface area contributed by atoms with Crippen molar-refractivity contribution < 1.29 is 19.3 Å². The monoisotopic (exact) mass is 532 g/mol. The number of nitrogens with one attached hydrogen (secondary N) is 1. The van der Waals surface area contributed by atoms with Crippen LogP contribution in [0.1, 0.15) is 11.1 Å². The number of aliphatic hydroxyl groups excluding tert-OH is 1. The van der Waals surface area contributed by atoms with Gasteiger partial charge in [-0.3, -0.25) is 4.99 Å². The summed E-state index contributed by atoms with van der Waals surface area (Å²) in [6.45, 7) is 2.07. The van der Waals surface area contributed by atoms with Crippen molar-refractivity contribution in [1.29, 1.82) is 0 Å². The molecular formula is C26H30Cl2N4O4. The average Bonchev–Trinajstić information content (AvgIpc) is 2.87. The molecule has 3 aromatic rings. The molecule has 0 saturated heterocycles. The fourth-order valence-electron chi connectivity index (χ4n) is 3.08. The second-order valence-electron chi connectivity index (χ2n) is 7.91. The second-order valence-corrected chi connectivity index (χ2v) is 8.79. The Hall–Kier alpha value is -3.17. The Morgan fingerprint density at radius 3 is 2.00 bits per heavy atom. The minimum absolute atomic E-state index is 0.0374. The molecule has 1 atom stereocenters. The van der Waals surface area contributed by atoms with E-state index in [9.17, 15) is 5.11 Å².